The quantitative estimate of drug-likeness (QED) is 0.847. The van der Waals surface area contributed by atoms with Crippen LogP contribution in [0.25, 0.3) is 0 Å². The lowest BCUT2D eigenvalue weighted by Gasteiger charge is -2.24. The Balaban J connectivity index is 1.71. The van der Waals surface area contributed by atoms with Crippen molar-refractivity contribution in [2.24, 2.45) is 5.92 Å². The van der Waals surface area contributed by atoms with Crippen molar-refractivity contribution in [2.75, 3.05) is 11.1 Å². The Kier molecular flexibility index (Phi) is 3.78. The molecule has 3 rings (SSSR count). The summed E-state index contributed by atoms with van der Waals surface area (Å²) in [5, 5.41) is 2.79. The third-order valence-corrected chi connectivity index (χ3v) is 3.68. The highest BCUT2D eigenvalue weighted by Gasteiger charge is 2.25. The summed E-state index contributed by atoms with van der Waals surface area (Å²) in [5.74, 6) is 0.310. The summed E-state index contributed by atoms with van der Waals surface area (Å²) < 4.78 is 6.43. The van der Waals surface area contributed by atoms with Crippen LogP contribution in [0, 0.1) is 5.92 Å². The molecule has 1 amide bonds. The molecule has 0 unspecified atom stereocenters. The minimum Gasteiger partial charge on any atom is -0.410 e. The lowest BCUT2D eigenvalue weighted by molar-refractivity contribution is -0.122. The molecule has 1 heterocycles. The number of imidazole rings is 1. The van der Waals surface area contributed by atoms with Crippen molar-refractivity contribution in [3.05, 3.63) is 36.9 Å². The molecule has 1 aliphatic rings. The lowest BCUT2D eigenvalue weighted by Crippen LogP contribution is -2.28. The number of ether oxygens (including phenoxy) is 1. The number of carbonyl (C=O) groups is 2. The molecule has 1 fully saturated rings. The van der Waals surface area contributed by atoms with E-state index in [2.05, 4.69) is 10.3 Å². The van der Waals surface area contributed by atoms with Crippen molar-refractivity contribution in [2.45, 2.75) is 19.3 Å². The Morgan fingerprint density at radius 3 is 2.82 bits per heavy atom. The van der Waals surface area contributed by atoms with Crippen LogP contribution in [-0.4, -0.2) is 21.6 Å². The minimum atomic E-state index is -0.585. The smallest absolute Gasteiger partial charge is 0.410 e. The summed E-state index contributed by atoms with van der Waals surface area (Å²) in [6.45, 7) is 0. The van der Waals surface area contributed by atoms with Gasteiger partial charge in [-0.05, 0) is 25.0 Å². The average molecular weight is 300 g/mol. The zero-order valence-electron chi connectivity index (χ0n) is 11.9. The summed E-state index contributed by atoms with van der Waals surface area (Å²) in [4.78, 5) is 27.6. The Morgan fingerprint density at radius 1 is 1.36 bits per heavy atom. The summed E-state index contributed by atoms with van der Waals surface area (Å²) >= 11 is 0. The first-order valence-electron chi connectivity index (χ1n) is 7.04. The second-order valence-electron chi connectivity index (χ2n) is 5.20. The molecule has 0 radical (unpaired) electrons. The number of nitrogen functional groups attached to an aromatic ring is 1. The lowest BCUT2D eigenvalue weighted by atomic mass is 9.85. The molecule has 0 saturated heterocycles. The fourth-order valence-corrected chi connectivity index (χ4v) is 2.13. The van der Waals surface area contributed by atoms with Gasteiger partial charge < -0.3 is 15.8 Å². The molecule has 0 bridgehead atoms. The summed E-state index contributed by atoms with van der Waals surface area (Å²) in [7, 11) is 0. The van der Waals surface area contributed by atoms with E-state index in [1.807, 2.05) is 0 Å². The number of rotatable bonds is 3. The van der Waals surface area contributed by atoms with Crippen LogP contribution in [0.5, 0.6) is 5.75 Å². The molecular weight excluding hydrogens is 284 g/mol. The van der Waals surface area contributed by atoms with Gasteiger partial charge in [0.05, 0.1) is 11.4 Å². The molecule has 0 aliphatic heterocycles. The topological polar surface area (TPSA) is 99.2 Å². The predicted octanol–water partition coefficient (Wildman–Crippen LogP) is 2.25. The van der Waals surface area contributed by atoms with Crippen LogP contribution in [0.3, 0.4) is 0 Å². The number of nitrogens with zero attached hydrogens (tertiary/aromatic N) is 2. The largest absolute Gasteiger partial charge is 0.424 e. The minimum absolute atomic E-state index is 0.0453. The molecule has 7 heteroatoms. The van der Waals surface area contributed by atoms with E-state index in [1.54, 1.807) is 18.2 Å². The van der Waals surface area contributed by atoms with Gasteiger partial charge in [0.25, 0.3) is 0 Å². The monoisotopic (exact) mass is 300 g/mol. The van der Waals surface area contributed by atoms with E-state index in [1.165, 1.54) is 23.3 Å². The number of carbonyl (C=O) groups excluding carboxylic acids is 2. The molecule has 1 aliphatic carbocycles. The fourth-order valence-electron chi connectivity index (χ4n) is 2.13. The molecule has 1 aromatic heterocycles. The summed E-state index contributed by atoms with van der Waals surface area (Å²) in [6.07, 6.45) is 6.61. The highest BCUT2D eigenvalue weighted by atomic mass is 16.6. The Labute approximate surface area is 127 Å². The second kappa shape index (κ2) is 5.88. The van der Waals surface area contributed by atoms with Gasteiger partial charge in [-0.3, -0.25) is 4.79 Å². The molecule has 2 aromatic rings. The van der Waals surface area contributed by atoms with E-state index < -0.39 is 6.09 Å². The Morgan fingerprint density at radius 2 is 2.18 bits per heavy atom. The molecule has 0 spiro atoms. The van der Waals surface area contributed by atoms with Crippen LogP contribution in [0.2, 0.25) is 0 Å². The van der Waals surface area contributed by atoms with Crippen molar-refractivity contribution in [3.8, 4) is 5.75 Å². The van der Waals surface area contributed by atoms with Gasteiger partial charge in [0.15, 0.2) is 0 Å². The van der Waals surface area contributed by atoms with Crippen molar-refractivity contribution < 1.29 is 14.3 Å². The van der Waals surface area contributed by atoms with Gasteiger partial charge in [-0.1, -0.05) is 6.42 Å². The van der Waals surface area contributed by atoms with Gasteiger partial charge in [0.1, 0.15) is 12.1 Å². The van der Waals surface area contributed by atoms with Gasteiger partial charge >= 0.3 is 6.09 Å². The number of hydrogen-bond acceptors (Lipinski definition) is 5. The molecule has 3 N–H and O–H groups in total. The zero-order valence-corrected chi connectivity index (χ0v) is 11.9. The van der Waals surface area contributed by atoms with Crippen molar-refractivity contribution in [1.29, 1.82) is 0 Å². The third kappa shape index (κ3) is 2.93. The summed E-state index contributed by atoms with van der Waals surface area (Å²) in [5.41, 5.74) is 6.73. The maximum Gasteiger partial charge on any atom is 0.424 e. The Hall–Kier alpha value is -2.83. The third-order valence-electron chi connectivity index (χ3n) is 3.68. The van der Waals surface area contributed by atoms with Gasteiger partial charge in [0.2, 0.25) is 5.91 Å². The van der Waals surface area contributed by atoms with Crippen LogP contribution in [0.1, 0.15) is 19.3 Å². The van der Waals surface area contributed by atoms with E-state index in [0.717, 1.165) is 19.3 Å². The van der Waals surface area contributed by atoms with E-state index in [0.29, 0.717) is 17.1 Å². The molecule has 7 nitrogen and oxygen atoms in total. The maximum absolute atomic E-state index is 12.0. The number of benzene rings is 1. The predicted molar refractivity (Wildman–Crippen MR) is 80.5 cm³/mol. The SMILES string of the molecule is Nc1ccc(OC(=O)n2ccnc2)cc1NC(=O)C1CCC1. The molecule has 1 saturated carbocycles. The average Bonchev–Trinajstić information content (AvgIpc) is 2.94. The molecule has 0 atom stereocenters. The highest BCUT2D eigenvalue weighted by Crippen LogP contribution is 2.30. The van der Waals surface area contributed by atoms with Gasteiger partial charge in [-0.15, -0.1) is 0 Å². The van der Waals surface area contributed by atoms with E-state index in [9.17, 15) is 9.59 Å². The van der Waals surface area contributed by atoms with Crippen molar-refractivity contribution in [3.63, 3.8) is 0 Å². The number of amides is 1. The molecule has 1 aromatic carbocycles. The van der Waals surface area contributed by atoms with E-state index in [-0.39, 0.29) is 11.8 Å². The van der Waals surface area contributed by atoms with Crippen LogP contribution >= 0.6 is 0 Å². The number of nitrogens with one attached hydrogen (secondary N) is 1. The first-order valence-corrected chi connectivity index (χ1v) is 7.04. The van der Waals surface area contributed by atoms with E-state index >= 15 is 0 Å². The summed E-state index contributed by atoms with van der Waals surface area (Å²) in [6, 6.07) is 4.71. The van der Waals surface area contributed by atoms with Crippen molar-refractivity contribution >= 4 is 23.4 Å². The van der Waals surface area contributed by atoms with E-state index in [4.69, 9.17) is 10.5 Å². The normalized spacial score (nSPS) is 14.2. The van der Waals surface area contributed by atoms with Crippen LogP contribution in [0.15, 0.2) is 36.9 Å². The number of hydrogen-bond donors (Lipinski definition) is 2. The van der Waals surface area contributed by atoms with Crippen LogP contribution < -0.4 is 15.8 Å². The molecule has 114 valence electrons. The molecule has 22 heavy (non-hydrogen) atoms. The zero-order chi connectivity index (χ0) is 15.5. The van der Waals surface area contributed by atoms with Gasteiger partial charge in [-0.25, -0.2) is 14.3 Å². The standard InChI is InChI=1S/C15H16N4O3/c16-12-5-4-11(22-15(21)19-7-6-17-9-19)8-13(12)18-14(20)10-2-1-3-10/h4-10H,1-3,16H2,(H,18,20). The number of anilines is 2. The Bertz CT molecular complexity index is 693. The fraction of sp³-hybridized carbons (Fsp3) is 0.267. The maximum atomic E-state index is 12.0. The number of aromatic nitrogens is 2. The van der Waals surface area contributed by atoms with Gasteiger partial charge in [0, 0.05) is 24.4 Å². The second-order valence-corrected chi connectivity index (χ2v) is 5.20. The number of nitrogens with two attached hydrogens (primary N) is 1. The van der Waals surface area contributed by atoms with Crippen LogP contribution in [0.4, 0.5) is 16.2 Å². The first kappa shape index (κ1) is 14.1. The first-order chi connectivity index (χ1) is 10.6. The van der Waals surface area contributed by atoms with Gasteiger partial charge in [-0.2, -0.15) is 0 Å². The van der Waals surface area contributed by atoms with Crippen molar-refractivity contribution in [1.82, 2.24) is 9.55 Å². The van der Waals surface area contributed by atoms with Crippen LogP contribution in [-0.2, 0) is 4.79 Å². The highest BCUT2D eigenvalue weighted by molar-refractivity contribution is 5.96. The molecular formula is C15H16N4O3.